The molecule has 0 unspecified atom stereocenters. The van der Waals surface area contributed by atoms with Gasteiger partial charge in [-0.25, -0.2) is 4.39 Å². The van der Waals surface area contributed by atoms with Crippen LogP contribution in [0, 0.1) is 11.7 Å². The van der Waals surface area contributed by atoms with Crippen LogP contribution in [0.5, 0.6) is 0 Å². The standard InChI is InChI=1S/C17H19ClFNS/c1-12(2)10-20-11-13-6-7-17(16(19)8-13)21-15-5-3-4-14(18)9-15/h3-9,12,20H,10-11H2,1-2H3. The summed E-state index contributed by atoms with van der Waals surface area (Å²) < 4.78 is 14.1. The highest BCUT2D eigenvalue weighted by atomic mass is 35.5. The van der Waals surface area contributed by atoms with Crippen LogP contribution < -0.4 is 5.32 Å². The fourth-order valence-corrected chi connectivity index (χ4v) is 3.03. The Hall–Kier alpha value is -1.03. The Morgan fingerprint density at radius 1 is 1.19 bits per heavy atom. The second kappa shape index (κ2) is 7.83. The van der Waals surface area contributed by atoms with Crippen molar-refractivity contribution in [1.82, 2.24) is 5.32 Å². The molecule has 0 aromatic heterocycles. The molecule has 0 aliphatic rings. The van der Waals surface area contributed by atoms with Crippen LogP contribution in [0.1, 0.15) is 19.4 Å². The van der Waals surface area contributed by atoms with E-state index < -0.39 is 0 Å². The van der Waals surface area contributed by atoms with Crippen molar-refractivity contribution in [2.75, 3.05) is 6.54 Å². The van der Waals surface area contributed by atoms with Crippen molar-refractivity contribution in [3.8, 4) is 0 Å². The Morgan fingerprint density at radius 3 is 2.67 bits per heavy atom. The molecule has 0 saturated carbocycles. The SMILES string of the molecule is CC(C)CNCc1ccc(Sc2cccc(Cl)c2)c(F)c1. The predicted molar refractivity (Wildman–Crippen MR) is 88.5 cm³/mol. The maximum absolute atomic E-state index is 14.1. The van der Waals surface area contributed by atoms with Gasteiger partial charge in [0.25, 0.3) is 0 Å². The number of nitrogens with one attached hydrogen (secondary N) is 1. The third-order valence-electron chi connectivity index (χ3n) is 2.90. The molecule has 0 atom stereocenters. The smallest absolute Gasteiger partial charge is 0.137 e. The first-order chi connectivity index (χ1) is 10.0. The van der Waals surface area contributed by atoms with Crippen LogP contribution >= 0.6 is 23.4 Å². The van der Waals surface area contributed by atoms with Crippen molar-refractivity contribution in [3.63, 3.8) is 0 Å². The highest BCUT2D eigenvalue weighted by molar-refractivity contribution is 7.99. The molecular weight excluding hydrogens is 305 g/mol. The van der Waals surface area contributed by atoms with E-state index in [0.29, 0.717) is 22.4 Å². The summed E-state index contributed by atoms with van der Waals surface area (Å²) in [4.78, 5) is 1.55. The fourth-order valence-electron chi connectivity index (χ4n) is 1.90. The van der Waals surface area contributed by atoms with Crippen LogP contribution in [0.3, 0.4) is 0 Å². The van der Waals surface area contributed by atoms with Gasteiger partial charge in [-0.3, -0.25) is 0 Å². The number of rotatable bonds is 6. The lowest BCUT2D eigenvalue weighted by Gasteiger charge is -2.09. The predicted octanol–water partition coefficient (Wildman–Crippen LogP) is 5.38. The maximum Gasteiger partial charge on any atom is 0.137 e. The van der Waals surface area contributed by atoms with E-state index in [0.717, 1.165) is 17.0 Å². The van der Waals surface area contributed by atoms with E-state index in [-0.39, 0.29) is 5.82 Å². The van der Waals surface area contributed by atoms with E-state index in [1.807, 2.05) is 36.4 Å². The third-order valence-corrected chi connectivity index (χ3v) is 4.18. The first kappa shape index (κ1) is 16.3. The molecule has 21 heavy (non-hydrogen) atoms. The average Bonchev–Trinajstić information content (AvgIpc) is 2.41. The van der Waals surface area contributed by atoms with Crippen molar-refractivity contribution in [1.29, 1.82) is 0 Å². The Morgan fingerprint density at radius 2 is 2.00 bits per heavy atom. The molecule has 0 aliphatic carbocycles. The molecule has 0 radical (unpaired) electrons. The number of hydrogen-bond acceptors (Lipinski definition) is 2. The van der Waals surface area contributed by atoms with Gasteiger partial charge in [0.05, 0.1) is 0 Å². The zero-order valence-corrected chi connectivity index (χ0v) is 13.8. The summed E-state index contributed by atoms with van der Waals surface area (Å²) in [6.45, 7) is 5.93. The molecule has 0 saturated heterocycles. The Kier molecular flexibility index (Phi) is 6.09. The lowest BCUT2D eigenvalue weighted by Crippen LogP contribution is -2.18. The molecule has 2 aromatic rings. The van der Waals surface area contributed by atoms with E-state index >= 15 is 0 Å². The van der Waals surface area contributed by atoms with Crippen molar-refractivity contribution in [2.45, 2.75) is 30.2 Å². The Balaban J connectivity index is 2.02. The van der Waals surface area contributed by atoms with E-state index in [2.05, 4.69) is 19.2 Å². The number of hydrogen-bond donors (Lipinski definition) is 1. The quantitative estimate of drug-likeness (QED) is 0.766. The summed E-state index contributed by atoms with van der Waals surface area (Å²) in [7, 11) is 0. The summed E-state index contributed by atoms with van der Waals surface area (Å²) in [5, 5.41) is 3.98. The van der Waals surface area contributed by atoms with Gasteiger partial charge in [0.2, 0.25) is 0 Å². The summed E-state index contributed by atoms with van der Waals surface area (Å²) >= 11 is 7.33. The molecule has 2 aromatic carbocycles. The molecule has 0 fully saturated rings. The molecule has 4 heteroatoms. The summed E-state index contributed by atoms with van der Waals surface area (Å²) in [5.74, 6) is 0.399. The van der Waals surface area contributed by atoms with Gasteiger partial charge in [-0.05, 0) is 48.4 Å². The minimum atomic E-state index is -0.191. The van der Waals surface area contributed by atoms with Gasteiger partial charge in [-0.2, -0.15) is 0 Å². The van der Waals surface area contributed by atoms with Gasteiger partial charge in [0, 0.05) is 21.4 Å². The molecule has 0 heterocycles. The van der Waals surface area contributed by atoms with Gasteiger partial charge in [-0.15, -0.1) is 0 Å². The van der Waals surface area contributed by atoms with Crippen molar-refractivity contribution in [3.05, 3.63) is 58.9 Å². The van der Waals surface area contributed by atoms with Crippen LogP contribution in [-0.2, 0) is 6.54 Å². The Labute approximate surface area is 134 Å². The van der Waals surface area contributed by atoms with Crippen LogP contribution in [-0.4, -0.2) is 6.54 Å². The van der Waals surface area contributed by atoms with Crippen LogP contribution in [0.25, 0.3) is 0 Å². The molecule has 1 N–H and O–H groups in total. The molecule has 1 nitrogen and oxygen atoms in total. The van der Waals surface area contributed by atoms with Gasteiger partial charge in [-0.1, -0.05) is 49.3 Å². The van der Waals surface area contributed by atoms with Crippen molar-refractivity contribution in [2.24, 2.45) is 5.92 Å². The van der Waals surface area contributed by atoms with Gasteiger partial charge >= 0.3 is 0 Å². The zero-order chi connectivity index (χ0) is 15.2. The second-order valence-corrected chi connectivity index (χ2v) is 6.90. The molecule has 2 rings (SSSR count). The summed E-state index contributed by atoms with van der Waals surface area (Å²) in [5.41, 5.74) is 0.962. The number of halogens is 2. The van der Waals surface area contributed by atoms with Crippen LogP contribution in [0.2, 0.25) is 5.02 Å². The number of benzene rings is 2. The molecule has 0 aliphatic heterocycles. The Bertz CT molecular complexity index is 601. The molecule has 112 valence electrons. The first-order valence-electron chi connectivity index (χ1n) is 6.97. The fraction of sp³-hybridized carbons (Fsp3) is 0.294. The second-order valence-electron chi connectivity index (χ2n) is 5.35. The van der Waals surface area contributed by atoms with Crippen molar-refractivity contribution < 1.29 is 4.39 Å². The van der Waals surface area contributed by atoms with E-state index in [4.69, 9.17) is 11.6 Å². The molecule has 0 bridgehead atoms. The van der Waals surface area contributed by atoms with Gasteiger partial charge in [0.1, 0.15) is 5.82 Å². The monoisotopic (exact) mass is 323 g/mol. The minimum absolute atomic E-state index is 0.191. The first-order valence-corrected chi connectivity index (χ1v) is 8.16. The van der Waals surface area contributed by atoms with Crippen molar-refractivity contribution >= 4 is 23.4 Å². The van der Waals surface area contributed by atoms with Gasteiger partial charge in [0.15, 0.2) is 0 Å². The highest BCUT2D eigenvalue weighted by Crippen LogP contribution is 2.31. The minimum Gasteiger partial charge on any atom is -0.312 e. The maximum atomic E-state index is 14.1. The third kappa shape index (κ3) is 5.34. The highest BCUT2D eigenvalue weighted by Gasteiger charge is 2.06. The van der Waals surface area contributed by atoms with E-state index in [9.17, 15) is 4.39 Å². The topological polar surface area (TPSA) is 12.0 Å². The lowest BCUT2D eigenvalue weighted by atomic mass is 10.2. The molecule has 0 amide bonds. The zero-order valence-electron chi connectivity index (χ0n) is 12.2. The van der Waals surface area contributed by atoms with Crippen LogP contribution in [0.15, 0.2) is 52.3 Å². The molecular formula is C17H19ClFNS. The normalized spacial score (nSPS) is 11.1. The largest absolute Gasteiger partial charge is 0.312 e. The van der Waals surface area contributed by atoms with Crippen LogP contribution in [0.4, 0.5) is 4.39 Å². The van der Waals surface area contributed by atoms with E-state index in [1.165, 1.54) is 11.8 Å². The summed E-state index contributed by atoms with van der Waals surface area (Å²) in [6, 6.07) is 12.8. The summed E-state index contributed by atoms with van der Waals surface area (Å²) in [6.07, 6.45) is 0. The average molecular weight is 324 g/mol. The van der Waals surface area contributed by atoms with E-state index in [1.54, 1.807) is 6.07 Å². The van der Waals surface area contributed by atoms with Gasteiger partial charge < -0.3 is 5.32 Å². The molecule has 0 spiro atoms. The lowest BCUT2D eigenvalue weighted by molar-refractivity contribution is 0.548.